The standard InChI is InChI=1S/C15H12O5/c1-18-15(17)11-4-10(5-12(16)6-11)9-2-3-13-14(7-9)20-8-19-13/h2-7,16H,8H2,1H3. The largest absolute Gasteiger partial charge is 0.508 e. The predicted octanol–water partition coefficient (Wildman–Crippen LogP) is 2.57. The fourth-order valence-corrected chi connectivity index (χ4v) is 2.09. The summed E-state index contributed by atoms with van der Waals surface area (Å²) in [5, 5.41) is 9.73. The summed E-state index contributed by atoms with van der Waals surface area (Å²) >= 11 is 0. The number of aromatic hydroxyl groups is 1. The lowest BCUT2D eigenvalue weighted by Gasteiger charge is -2.07. The van der Waals surface area contributed by atoms with E-state index in [4.69, 9.17) is 9.47 Å². The Balaban J connectivity index is 2.05. The molecule has 1 N–H and O–H groups in total. The predicted molar refractivity (Wildman–Crippen MR) is 71.0 cm³/mol. The van der Waals surface area contributed by atoms with Crippen molar-refractivity contribution < 1.29 is 24.1 Å². The smallest absolute Gasteiger partial charge is 0.338 e. The van der Waals surface area contributed by atoms with E-state index in [0.717, 1.165) is 5.56 Å². The highest BCUT2D eigenvalue weighted by atomic mass is 16.7. The molecule has 0 saturated carbocycles. The first-order valence-corrected chi connectivity index (χ1v) is 6.00. The van der Waals surface area contributed by atoms with Gasteiger partial charge in [0.1, 0.15) is 5.75 Å². The molecule has 0 saturated heterocycles. The number of fused-ring (bicyclic) bond motifs is 1. The van der Waals surface area contributed by atoms with Crippen molar-refractivity contribution in [2.24, 2.45) is 0 Å². The molecule has 102 valence electrons. The second-order valence-corrected chi connectivity index (χ2v) is 4.33. The first kappa shape index (κ1) is 12.3. The minimum atomic E-state index is -0.497. The number of phenols is 1. The van der Waals surface area contributed by atoms with Crippen LogP contribution in [0.1, 0.15) is 10.4 Å². The highest BCUT2D eigenvalue weighted by Crippen LogP contribution is 2.36. The number of hydrogen-bond donors (Lipinski definition) is 1. The van der Waals surface area contributed by atoms with Crippen molar-refractivity contribution in [3.63, 3.8) is 0 Å². The van der Waals surface area contributed by atoms with Gasteiger partial charge in [-0.1, -0.05) is 6.07 Å². The van der Waals surface area contributed by atoms with Crippen LogP contribution in [0.5, 0.6) is 17.2 Å². The van der Waals surface area contributed by atoms with E-state index in [1.165, 1.54) is 13.2 Å². The molecular weight excluding hydrogens is 260 g/mol. The lowest BCUT2D eigenvalue weighted by Crippen LogP contribution is -2.01. The summed E-state index contributed by atoms with van der Waals surface area (Å²) in [7, 11) is 1.30. The lowest BCUT2D eigenvalue weighted by atomic mass is 10.0. The Morgan fingerprint density at radius 3 is 2.70 bits per heavy atom. The maximum absolute atomic E-state index is 11.6. The second kappa shape index (κ2) is 4.77. The first-order valence-electron chi connectivity index (χ1n) is 6.00. The zero-order valence-corrected chi connectivity index (χ0v) is 10.8. The number of esters is 1. The van der Waals surface area contributed by atoms with Crippen molar-refractivity contribution >= 4 is 5.97 Å². The van der Waals surface area contributed by atoms with E-state index in [1.807, 2.05) is 6.07 Å². The van der Waals surface area contributed by atoms with Crippen LogP contribution in [0.3, 0.4) is 0 Å². The normalized spacial score (nSPS) is 12.2. The molecular formula is C15H12O5. The van der Waals surface area contributed by atoms with Gasteiger partial charge in [-0.25, -0.2) is 4.79 Å². The number of carbonyl (C=O) groups excluding carboxylic acids is 1. The minimum absolute atomic E-state index is 0.000525. The van der Waals surface area contributed by atoms with Crippen LogP contribution in [0.25, 0.3) is 11.1 Å². The van der Waals surface area contributed by atoms with Crippen molar-refractivity contribution in [3.05, 3.63) is 42.0 Å². The molecule has 0 aliphatic carbocycles. The molecule has 20 heavy (non-hydrogen) atoms. The molecule has 0 atom stereocenters. The van der Waals surface area contributed by atoms with Gasteiger partial charge in [0.2, 0.25) is 6.79 Å². The van der Waals surface area contributed by atoms with Crippen LogP contribution >= 0.6 is 0 Å². The molecule has 0 bridgehead atoms. The summed E-state index contributed by atoms with van der Waals surface area (Å²) in [5.74, 6) is 0.830. The molecule has 2 aromatic rings. The quantitative estimate of drug-likeness (QED) is 0.851. The number of rotatable bonds is 2. The summed E-state index contributed by atoms with van der Waals surface area (Å²) in [5.41, 5.74) is 1.80. The fraction of sp³-hybridized carbons (Fsp3) is 0.133. The maximum atomic E-state index is 11.6. The Morgan fingerprint density at radius 2 is 1.90 bits per heavy atom. The minimum Gasteiger partial charge on any atom is -0.508 e. The van der Waals surface area contributed by atoms with Gasteiger partial charge >= 0.3 is 5.97 Å². The van der Waals surface area contributed by atoms with E-state index in [1.54, 1.807) is 24.3 Å². The SMILES string of the molecule is COC(=O)c1cc(O)cc(-c2ccc3c(c2)OCO3)c1. The highest BCUT2D eigenvalue weighted by molar-refractivity contribution is 5.91. The Morgan fingerprint density at radius 1 is 1.10 bits per heavy atom. The zero-order chi connectivity index (χ0) is 14.1. The van der Waals surface area contributed by atoms with E-state index < -0.39 is 5.97 Å². The molecule has 3 rings (SSSR count). The maximum Gasteiger partial charge on any atom is 0.338 e. The van der Waals surface area contributed by atoms with Gasteiger partial charge < -0.3 is 19.3 Å². The van der Waals surface area contributed by atoms with Crippen LogP contribution in [-0.2, 0) is 4.74 Å². The molecule has 2 aromatic carbocycles. The topological polar surface area (TPSA) is 65.0 Å². The third-order valence-corrected chi connectivity index (χ3v) is 3.04. The van der Waals surface area contributed by atoms with Crippen molar-refractivity contribution in [1.82, 2.24) is 0 Å². The third kappa shape index (κ3) is 2.14. The van der Waals surface area contributed by atoms with Gasteiger partial charge in [0.25, 0.3) is 0 Å². The summed E-state index contributed by atoms with van der Waals surface area (Å²) < 4.78 is 15.2. The molecule has 0 spiro atoms. The van der Waals surface area contributed by atoms with Crippen molar-refractivity contribution in [2.75, 3.05) is 13.9 Å². The third-order valence-electron chi connectivity index (χ3n) is 3.04. The molecule has 5 nitrogen and oxygen atoms in total. The van der Waals surface area contributed by atoms with Crippen LogP contribution in [0.2, 0.25) is 0 Å². The van der Waals surface area contributed by atoms with E-state index in [-0.39, 0.29) is 12.5 Å². The Bertz CT molecular complexity index is 678. The van der Waals surface area contributed by atoms with E-state index >= 15 is 0 Å². The Labute approximate surface area is 115 Å². The average molecular weight is 272 g/mol. The molecule has 0 unspecified atom stereocenters. The molecule has 1 aliphatic heterocycles. The van der Waals surface area contributed by atoms with Crippen molar-refractivity contribution in [3.8, 4) is 28.4 Å². The van der Waals surface area contributed by atoms with Crippen LogP contribution in [-0.4, -0.2) is 25.0 Å². The molecule has 0 aromatic heterocycles. The van der Waals surface area contributed by atoms with Gasteiger partial charge in [-0.05, 0) is 41.5 Å². The first-order chi connectivity index (χ1) is 9.67. The van der Waals surface area contributed by atoms with Gasteiger partial charge in [0, 0.05) is 0 Å². The number of benzene rings is 2. The van der Waals surface area contributed by atoms with Gasteiger partial charge in [-0.2, -0.15) is 0 Å². The van der Waals surface area contributed by atoms with E-state index in [9.17, 15) is 9.90 Å². The van der Waals surface area contributed by atoms with Crippen LogP contribution in [0.15, 0.2) is 36.4 Å². The van der Waals surface area contributed by atoms with Crippen molar-refractivity contribution in [1.29, 1.82) is 0 Å². The lowest BCUT2D eigenvalue weighted by molar-refractivity contribution is 0.0600. The fourth-order valence-electron chi connectivity index (χ4n) is 2.09. The zero-order valence-electron chi connectivity index (χ0n) is 10.8. The van der Waals surface area contributed by atoms with E-state index in [0.29, 0.717) is 22.6 Å². The van der Waals surface area contributed by atoms with Crippen LogP contribution in [0.4, 0.5) is 0 Å². The summed E-state index contributed by atoms with van der Waals surface area (Å²) in [4.78, 5) is 11.6. The van der Waals surface area contributed by atoms with E-state index in [2.05, 4.69) is 4.74 Å². The Kier molecular flexibility index (Phi) is 2.95. The number of carbonyl (C=O) groups is 1. The van der Waals surface area contributed by atoms with Gasteiger partial charge in [0.15, 0.2) is 11.5 Å². The number of hydrogen-bond acceptors (Lipinski definition) is 5. The average Bonchev–Trinajstić information content (AvgIpc) is 2.93. The summed E-state index contributed by atoms with van der Waals surface area (Å²) in [6.07, 6.45) is 0. The van der Waals surface area contributed by atoms with Crippen LogP contribution in [0, 0.1) is 0 Å². The Hall–Kier alpha value is -2.69. The van der Waals surface area contributed by atoms with Gasteiger partial charge in [0.05, 0.1) is 12.7 Å². The number of methoxy groups -OCH3 is 1. The molecule has 1 aliphatic rings. The van der Waals surface area contributed by atoms with Gasteiger partial charge in [-0.15, -0.1) is 0 Å². The summed E-state index contributed by atoms with van der Waals surface area (Å²) in [6.45, 7) is 0.201. The second-order valence-electron chi connectivity index (χ2n) is 4.33. The molecule has 5 heteroatoms. The van der Waals surface area contributed by atoms with Gasteiger partial charge in [-0.3, -0.25) is 0 Å². The number of ether oxygens (including phenoxy) is 3. The molecule has 0 radical (unpaired) electrons. The monoisotopic (exact) mass is 272 g/mol. The molecule has 0 amide bonds. The highest BCUT2D eigenvalue weighted by Gasteiger charge is 2.15. The molecule has 0 fully saturated rings. The molecule has 1 heterocycles. The van der Waals surface area contributed by atoms with Crippen molar-refractivity contribution in [2.45, 2.75) is 0 Å². The number of phenolic OH excluding ortho intramolecular Hbond substituents is 1. The van der Waals surface area contributed by atoms with Crippen LogP contribution < -0.4 is 9.47 Å². The summed E-state index contributed by atoms with van der Waals surface area (Å²) in [6, 6.07) is 10.0.